The van der Waals surface area contributed by atoms with Gasteiger partial charge in [0.05, 0.1) is 5.57 Å². The molecular weight excluding hydrogens is 324 g/mol. The van der Waals surface area contributed by atoms with Gasteiger partial charge in [0.25, 0.3) is 11.8 Å². The lowest BCUT2D eigenvalue weighted by Gasteiger charge is -2.14. The van der Waals surface area contributed by atoms with Crippen molar-refractivity contribution in [2.75, 3.05) is 11.9 Å². The smallest absolute Gasteiger partial charge is 0.278 e. The molecule has 0 radical (unpaired) electrons. The lowest BCUT2D eigenvalue weighted by Crippen LogP contribution is -2.32. The number of hydrogen-bond acceptors (Lipinski definition) is 3. The molecule has 3 rings (SSSR count). The second kappa shape index (κ2) is 6.79. The highest BCUT2D eigenvalue weighted by molar-refractivity contribution is 6.36. The molecule has 0 aromatic heterocycles. The van der Waals surface area contributed by atoms with Crippen molar-refractivity contribution in [1.82, 2.24) is 4.90 Å². The standard InChI is InChI=1S/C22H24N2O2/c1-6-24-21(25)19(17-11-10-13(2)15(4)12-17)20(22(24)26)23-18-9-7-8-14(3)16(18)5/h7-12,23H,6H2,1-5H3. The first-order chi connectivity index (χ1) is 12.3. The third-order valence-electron chi connectivity index (χ3n) is 5.14. The Balaban J connectivity index is 2.15. The van der Waals surface area contributed by atoms with Crippen LogP contribution in [-0.2, 0) is 9.59 Å². The van der Waals surface area contributed by atoms with Gasteiger partial charge in [-0.15, -0.1) is 0 Å². The highest BCUT2D eigenvalue weighted by atomic mass is 16.2. The molecule has 0 spiro atoms. The summed E-state index contributed by atoms with van der Waals surface area (Å²) in [7, 11) is 0. The normalized spacial score (nSPS) is 14.4. The molecule has 0 saturated carbocycles. The van der Waals surface area contributed by atoms with E-state index in [0.29, 0.717) is 17.8 Å². The average Bonchev–Trinajstić information content (AvgIpc) is 2.84. The van der Waals surface area contributed by atoms with Gasteiger partial charge in [0.2, 0.25) is 0 Å². The number of amides is 2. The maximum Gasteiger partial charge on any atom is 0.278 e. The molecule has 2 amide bonds. The first-order valence-electron chi connectivity index (χ1n) is 8.86. The van der Waals surface area contributed by atoms with Crippen LogP contribution in [0.3, 0.4) is 0 Å². The molecule has 1 N–H and O–H groups in total. The number of carbonyl (C=O) groups is 2. The minimum absolute atomic E-state index is 0.242. The Morgan fingerprint density at radius 2 is 1.62 bits per heavy atom. The number of nitrogens with one attached hydrogen (secondary N) is 1. The molecule has 26 heavy (non-hydrogen) atoms. The summed E-state index contributed by atoms with van der Waals surface area (Å²) in [5.74, 6) is -0.514. The molecule has 0 saturated heterocycles. The van der Waals surface area contributed by atoms with Crippen molar-refractivity contribution in [2.45, 2.75) is 34.6 Å². The minimum Gasteiger partial charge on any atom is -0.350 e. The van der Waals surface area contributed by atoms with Crippen molar-refractivity contribution in [3.05, 3.63) is 69.9 Å². The van der Waals surface area contributed by atoms with Gasteiger partial charge in [-0.1, -0.05) is 30.3 Å². The predicted octanol–water partition coefficient (Wildman–Crippen LogP) is 4.13. The highest BCUT2D eigenvalue weighted by Gasteiger charge is 2.38. The Hall–Kier alpha value is -2.88. The fourth-order valence-electron chi connectivity index (χ4n) is 3.17. The van der Waals surface area contributed by atoms with Gasteiger partial charge in [0.15, 0.2) is 0 Å². The molecule has 0 unspecified atom stereocenters. The first-order valence-corrected chi connectivity index (χ1v) is 8.86. The van der Waals surface area contributed by atoms with Gasteiger partial charge in [-0.25, -0.2) is 0 Å². The Kier molecular flexibility index (Phi) is 4.68. The molecular formula is C22H24N2O2. The van der Waals surface area contributed by atoms with Crippen LogP contribution < -0.4 is 5.32 Å². The molecule has 0 atom stereocenters. The third-order valence-corrected chi connectivity index (χ3v) is 5.14. The second-order valence-corrected chi connectivity index (χ2v) is 6.78. The summed E-state index contributed by atoms with van der Waals surface area (Å²) in [6.45, 7) is 10.2. The molecule has 2 aromatic carbocycles. The average molecular weight is 348 g/mol. The lowest BCUT2D eigenvalue weighted by molar-refractivity contribution is -0.136. The molecule has 0 aliphatic carbocycles. The number of benzene rings is 2. The predicted molar refractivity (Wildman–Crippen MR) is 105 cm³/mol. The molecule has 1 heterocycles. The van der Waals surface area contributed by atoms with Gasteiger partial charge in [-0.2, -0.15) is 0 Å². The van der Waals surface area contributed by atoms with Crippen molar-refractivity contribution in [2.24, 2.45) is 0 Å². The number of likely N-dealkylation sites (N-methyl/N-ethyl adjacent to an activating group) is 1. The number of nitrogens with zero attached hydrogens (tertiary/aromatic N) is 1. The van der Waals surface area contributed by atoms with Crippen LogP contribution in [0.25, 0.3) is 5.57 Å². The van der Waals surface area contributed by atoms with Gasteiger partial charge in [-0.3, -0.25) is 14.5 Å². The second-order valence-electron chi connectivity index (χ2n) is 6.78. The SMILES string of the molecule is CCN1C(=O)C(Nc2cccc(C)c2C)=C(c2ccc(C)c(C)c2)C1=O. The molecule has 0 bridgehead atoms. The zero-order valence-corrected chi connectivity index (χ0v) is 15.9. The summed E-state index contributed by atoms with van der Waals surface area (Å²) >= 11 is 0. The quantitative estimate of drug-likeness (QED) is 0.845. The van der Waals surface area contributed by atoms with E-state index in [9.17, 15) is 9.59 Å². The number of anilines is 1. The van der Waals surface area contributed by atoms with Crippen LogP contribution in [0.2, 0.25) is 0 Å². The summed E-state index contributed by atoms with van der Waals surface area (Å²) in [6.07, 6.45) is 0. The number of aryl methyl sites for hydroxylation is 3. The molecule has 4 heteroatoms. The van der Waals surface area contributed by atoms with Gasteiger partial charge in [0.1, 0.15) is 5.70 Å². The van der Waals surface area contributed by atoms with Crippen molar-refractivity contribution in [3.63, 3.8) is 0 Å². The zero-order chi connectivity index (χ0) is 19.0. The molecule has 1 aliphatic rings. The van der Waals surface area contributed by atoms with E-state index in [1.165, 1.54) is 4.90 Å². The van der Waals surface area contributed by atoms with Crippen molar-refractivity contribution in [1.29, 1.82) is 0 Å². The van der Waals surface area contributed by atoms with Crippen LogP contribution in [-0.4, -0.2) is 23.3 Å². The largest absolute Gasteiger partial charge is 0.350 e. The summed E-state index contributed by atoms with van der Waals surface area (Å²) in [4.78, 5) is 27.1. The van der Waals surface area contributed by atoms with Crippen molar-refractivity contribution < 1.29 is 9.59 Å². The Labute approximate surface area is 154 Å². The molecule has 0 fully saturated rings. The van der Waals surface area contributed by atoms with E-state index in [4.69, 9.17) is 0 Å². The van der Waals surface area contributed by atoms with E-state index >= 15 is 0 Å². The van der Waals surface area contributed by atoms with E-state index in [0.717, 1.165) is 33.5 Å². The number of carbonyl (C=O) groups excluding carboxylic acids is 2. The van der Waals surface area contributed by atoms with Gasteiger partial charge < -0.3 is 5.32 Å². The van der Waals surface area contributed by atoms with E-state index in [2.05, 4.69) is 5.32 Å². The van der Waals surface area contributed by atoms with Crippen LogP contribution >= 0.6 is 0 Å². The maximum atomic E-state index is 12.9. The number of hydrogen-bond donors (Lipinski definition) is 1. The van der Waals surface area contributed by atoms with Crippen LogP contribution in [0.1, 0.15) is 34.7 Å². The molecule has 4 nitrogen and oxygen atoms in total. The van der Waals surface area contributed by atoms with E-state index < -0.39 is 0 Å². The summed E-state index contributed by atoms with van der Waals surface area (Å²) in [5, 5.41) is 3.24. The van der Waals surface area contributed by atoms with E-state index in [1.807, 2.05) is 71.0 Å². The maximum absolute atomic E-state index is 12.9. The number of imide groups is 1. The van der Waals surface area contributed by atoms with Crippen LogP contribution in [0.4, 0.5) is 5.69 Å². The minimum atomic E-state index is -0.272. The summed E-state index contributed by atoms with van der Waals surface area (Å²) in [5.41, 5.74) is 6.87. The molecule has 134 valence electrons. The van der Waals surface area contributed by atoms with Crippen LogP contribution in [0.5, 0.6) is 0 Å². The molecule has 1 aliphatic heterocycles. The highest BCUT2D eigenvalue weighted by Crippen LogP contribution is 2.32. The monoisotopic (exact) mass is 348 g/mol. The number of rotatable bonds is 4. The van der Waals surface area contributed by atoms with Crippen LogP contribution in [0.15, 0.2) is 42.1 Å². The topological polar surface area (TPSA) is 49.4 Å². The lowest BCUT2D eigenvalue weighted by atomic mass is 9.99. The summed E-state index contributed by atoms with van der Waals surface area (Å²) < 4.78 is 0. The zero-order valence-electron chi connectivity index (χ0n) is 15.9. The summed E-state index contributed by atoms with van der Waals surface area (Å²) in [6, 6.07) is 11.8. The first kappa shape index (κ1) is 17.9. The third kappa shape index (κ3) is 2.92. The van der Waals surface area contributed by atoms with Gasteiger partial charge >= 0.3 is 0 Å². The fraction of sp³-hybridized carbons (Fsp3) is 0.273. The fourth-order valence-corrected chi connectivity index (χ4v) is 3.17. The van der Waals surface area contributed by atoms with Gasteiger partial charge in [-0.05, 0) is 68.5 Å². The van der Waals surface area contributed by atoms with Crippen molar-refractivity contribution >= 4 is 23.1 Å². The Morgan fingerprint density at radius 1 is 0.885 bits per heavy atom. The van der Waals surface area contributed by atoms with E-state index in [-0.39, 0.29) is 11.8 Å². The Bertz CT molecular complexity index is 941. The van der Waals surface area contributed by atoms with E-state index in [1.54, 1.807) is 0 Å². The Morgan fingerprint density at radius 3 is 2.27 bits per heavy atom. The van der Waals surface area contributed by atoms with Gasteiger partial charge in [0, 0.05) is 12.2 Å². The van der Waals surface area contributed by atoms with Crippen molar-refractivity contribution in [3.8, 4) is 0 Å². The molecule has 2 aromatic rings. The van der Waals surface area contributed by atoms with Crippen LogP contribution in [0, 0.1) is 27.7 Å².